The summed E-state index contributed by atoms with van der Waals surface area (Å²) in [5.74, 6) is 0. The van der Waals surface area contributed by atoms with E-state index >= 15 is 0 Å². The van der Waals surface area contributed by atoms with Crippen molar-refractivity contribution in [2.75, 3.05) is 27.2 Å². The minimum atomic E-state index is -1.40. The molecule has 12 heavy (non-hydrogen) atoms. The first kappa shape index (κ1) is 18.1. The summed E-state index contributed by atoms with van der Waals surface area (Å²) in [6.45, 7) is 1.91. The number of nitrogens with two attached hydrogens (primary N) is 1. The van der Waals surface area contributed by atoms with Crippen LogP contribution < -0.4 is 5.73 Å². The Balaban J connectivity index is 0. The average molecular weight is 817 g/mol. The van der Waals surface area contributed by atoms with Gasteiger partial charge in [0.1, 0.15) is 0 Å². The zero-order valence-corrected chi connectivity index (χ0v) is 19.7. The molecule has 0 radical (unpaired) electrons. The van der Waals surface area contributed by atoms with Crippen LogP contribution in [0.4, 0.5) is 0 Å². The molecule has 0 rings (SSSR count). The summed E-state index contributed by atoms with van der Waals surface area (Å²) in [5, 5.41) is 0. The Morgan fingerprint density at radius 3 is 1.58 bits per heavy atom. The number of hydrogen-bond donors (Lipinski definition) is 1. The Morgan fingerprint density at radius 2 is 1.50 bits per heavy atom. The van der Waals surface area contributed by atoms with Crippen molar-refractivity contribution in [2.24, 2.45) is 5.73 Å². The predicted molar refractivity (Wildman–Crippen MR) is 94.1 cm³/mol. The van der Waals surface area contributed by atoms with Crippen LogP contribution in [0.5, 0.6) is 0 Å². The summed E-state index contributed by atoms with van der Waals surface area (Å²) in [7, 11) is 4.10. The van der Waals surface area contributed by atoms with Gasteiger partial charge in [-0.1, -0.05) is 0 Å². The molecule has 0 aliphatic carbocycles. The molecule has 0 aliphatic rings. The van der Waals surface area contributed by atoms with E-state index in [1.807, 2.05) is 0 Å². The van der Waals surface area contributed by atoms with Crippen molar-refractivity contribution in [1.29, 1.82) is 0 Å². The van der Waals surface area contributed by atoms with Crippen molar-refractivity contribution in [3.63, 3.8) is 0 Å². The summed E-state index contributed by atoms with van der Waals surface area (Å²) >= 11 is 10.2. The van der Waals surface area contributed by atoms with Gasteiger partial charge in [0.15, 0.2) is 0 Å². The number of halogens is 4. The van der Waals surface area contributed by atoms with Gasteiger partial charge in [-0.25, -0.2) is 0 Å². The summed E-state index contributed by atoms with van der Waals surface area (Å²) < 4.78 is -1.40. The van der Waals surface area contributed by atoms with E-state index in [1.54, 1.807) is 0 Å². The Bertz CT molecular complexity index is 89.9. The van der Waals surface area contributed by atoms with E-state index in [9.17, 15) is 0 Å². The second-order valence-corrected chi connectivity index (χ2v) is 171. The SMILES string of the molecule is CN(C)CCCN.[I][Pb]([I])([I])[I]. The Hall–Kier alpha value is 3.76. The molecular weight excluding hydrogens is 803 g/mol. The maximum absolute atomic E-state index is 5.25. The normalized spacial score (nSPS) is 11.0. The van der Waals surface area contributed by atoms with Crippen LogP contribution >= 0.6 is 71.0 Å². The molecule has 0 saturated carbocycles. The van der Waals surface area contributed by atoms with Crippen molar-refractivity contribution in [2.45, 2.75) is 6.42 Å². The van der Waals surface area contributed by atoms with Crippen LogP contribution in [-0.4, -0.2) is 36.1 Å². The number of nitrogens with zero attached hydrogens (tertiary/aromatic N) is 1. The Morgan fingerprint density at radius 1 is 1.17 bits per heavy atom. The standard InChI is InChI=1S/C5H14N2.4HI.Pb/c1-7(2)5-3-4-6;;;;;/h3-6H2,1-2H3;4*1H;/q;;;;;+4/p-4. The first-order chi connectivity index (χ1) is 5.27. The van der Waals surface area contributed by atoms with Gasteiger partial charge in [-0.15, -0.1) is 0 Å². The van der Waals surface area contributed by atoms with Crippen molar-refractivity contribution < 1.29 is 0 Å². The molecule has 0 bridgehead atoms. The number of rotatable bonds is 3. The van der Waals surface area contributed by atoms with E-state index in [0.717, 1.165) is 19.5 Å². The molecule has 2 N–H and O–H groups in total. The second-order valence-electron chi connectivity index (χ2n) is 2.37. The fraction of sp³-hybridized carbons (Fsp3) is 1.00. The van der Waals surface area contributed by atoms with Gasteiger partial charge < -0.3 is 10.6 Å². The van der Waals surface area contributed by atoms with Crippen molar-refractivity contribution in [1.82, 2.24) is 4.90 Å². The molecular formula is C5H14I4N2Pb. The molecule has 0 heterocycles. The summed E-state index contributed by atoms with van der Waals surface area (Å²) in [5.41, 5.74) is 5.25. The fourth-order valence-electron chi connectivity index (χ4n) is 0.408. The van der Waals surface area contributed by atoms with Gasteiger partial charge in [-0.2, -0.15) is 0 Å². The van der Waals surface area contributed by atoms with Gasteiger partial charge in [-0.05, 0) is 33.6 Å². The van der Waals surface area contributed by atoms with Crippen LogP contribution in [-0.2, 0) is 0 Å². The third-order valence-electron chi connectivity index (χ3n) is 0.809. The molecule has 0 aromatic heterocycles. The molecule has 0 aliphatic heterocycles. The third kappa shape index (κ3) is 37.2. The molecule has 0 atom stereocenters. The summed E-state index contributed by atoms with van der Waals surface area (Å²) in [4.78, 5) is 2.13. The van der Waals surface area contributed by atoms with E-state index in [0.29, 0.717) is 0 Å². The third-order valence-corrected chi connectivity index (χ3v) is 0.809. The van der Waals surface area contributed by atoms with E-state index in [1.165, 1.54) is 0 Å². The number of hydrogen-bond acceptors (Lipinski definition) is 2. The molecule has 0 aromatic carbocycles. The molecule has 0 amide bonds. The molecule has 76 valence electrons. The zero-order chi connectivity index (χ0) is 10.2. The van der Waals surface area contributed by atoms with Crippen molar-refractivity contribution >= 4 is 75.0 Å². The van der Waals surface area contributed by atoms with Crippen LogP contribution in [0, 0.1) is 0 Å². The van der Waals surface area contributed by atoms with Crippen molar-refractivity contribution in [3.8, 4) is 0 Å². The molecule has 0 fully saturated rings. The van der Waals surface area contributed by atoms with Gasteiger partial charge in [0.25, 0.3) is 0 Å². The monoisotopic (exact) mass is 818 g/mol. The van der Waals surface area contributed by atoms with E-state index < -0.39 is 4.00 Å². The van der Waals surface area contributed by atoms with Crippen molar-refractivity contribution in [3.05, 3.63) is 0 Å². The van der Waals surface area contributed by atoms with Gasteiger partial charge >= 0.3 is 75.0 Å². The van der Waals surface area contributed by atoms with Crippen LogP contribution in [0.1, 0.15) is 6.42 Å². The first-order valence-corrected chi connectivity index (χ1v) is 47.1. The van der Waals surface area contributed by atoms with Gasteiger partial charge in [0.05, 0.1) is 0 Å². The topological polar surface area (TPSA) is 29.3 Å². The van der Waals surface area contributed by atoms with Crippen LogP contribution in [0.25, 0.3) is 0 Å². The summed E-state index contributed by atoms with van der Waals surface area (Å²) in [6, 6.07) is 0. The maximum atomic E-state index is 5.25. The Kier molecular flexibility index (Phi) is 17.0. The fourth-order valence-corrected chi connectivity index (χ4v) is 0.408. The molecule has 7 heteroatoms. The van der Waals surface area contributed by atoms with E-state index in [2.05, 4.69) is 90.0 Å². The molecule has 0 saturated heterocycles. The van der Waals surface area contributed by atoms with Gasteiger partial charge in [0, 0.05) is 0 Å². The molecule has 2 nitrogen and oxygen atoms in total. The van der Waals surface area contributed by atoms with Crippen LogP contribution in [0.2, 0.25) is 0 Å². The Labute approximate surface area is 116 Å². The molecule has 0 aromatic rings. The predicted octanol–water partition coefficient (Wildman–Crippen LogP) is 3.06. The quantitative estimate of drug-likeness (QED) is 0.351. The first-order valence-electron chi connectivity index (χ1n) is 3.37. The van der Waals surface area contributed by atoms with E-state index in [-0.39, 0.29) is 0 Å². The molecule has 0 unspecified atom stereocenters. The van der Waals surface area contributed by atoms with Gasteiger partial charge in [0.2, 0.25) is 0 Å². The van der Waals surface area contributed by atoms with E-state index in [4.69, 9.17) is 5.73 Å². The van der Waals surface area contributed by atoms with Gasteiger partial charge in [-0.3, -0.25) is 0 Å². The zero-order valence-electron chi connectivity index (χ0n) is 7.16. The van der Waals surface area contributed by atoms with Crippen LogP contribution in [0.15, 0.2) is 0 Å². The second kappa shape index (κ2) is 11.3. The summed E-state index contributed by atoms with van der Waals surface area (Å²) in [6.07, 6.45) is 1.10. The average Bonchev–Trinajstić information content (AvgIpc) is 1.79. The minimum absolute atomic E-state index is 0.804. The van der Waals surface area contributed by atoms with Crippen LogP contribution in [0.3, 0.4) is 0 Å². The molecule has 0 spiro atoms.